The van der Waals surface area contributed by atoms with E-state index in [1.165, 1.54) is 24.5 Å². The van der Waals surface area contributed by atoms with Crippen LogP contribution in [0.4, 0.5) is 13.2 Å². The number of halogens is 5. The van der Waals surface area contributed by atoms with Crippen molar-refractivity contribution in [1.29, 1.82) is 0 Å². The predicted molar refractivity (Wildman–Crippen MR) is 67.9 cm³/mol. The van der Waals surface area contributed by atoms with Crippen LogP contribution in [0, 0.1) is 0 Å². The van der Waals surface area contributed by atoms with Crippen LogP contribution in [0.1, 0.15) is 0 Å². The van der Waals surface area contributed by atoms with Gasteiger partial charge in [0.1, 0.15) is 11.5 Å². The smallest absolute Gasteiger partial charge is 0.436 e. The Kier molecular flexibility index (Phi) is 4.34. The van der Waals surface area contributed by atoms with E-state index in [1.807, 2.05) is 0 Å². The van der Waals surface area contributed by atoms with Crippen LogP contribution in [0.2, 0.25) is 5.15 Å². The molecule has 4 nitrogen and oxygen atoms in total. The van der Waals surface area contributed by atoms with Gasteiger partial charge in [0.2, 0.25) is 0 Å². The first-order valence-corrected chi connectivity index (χ1v) is 6.22. The van der Waals surface area contributed by atoms with E-state index in [0.717, 1.165) is 6.07 Å². The third-order valence-corrected chi connectivity index (χ3v) is 2.85. The molecular formula is C11H5BrClF3N2O2. The fourth-order valence-electron chi connectivity index (χ4n) is 1.24. The summed E-state index contributed by atoms with van der Waals surface area (Å²) in [5, 5.41) is 0.0410. The number of hydrogen-bond acceptors (Lipinski definition) is 4. The number of benzene rings is 1. The molecule has 0 N–H and O–H groups in total. The molecule has 0 radical (unpaired) electrons. The number of alkyl halides is 3. The van der Waals surface area contributed by atoms with Gasteiger partial charge in [-0.25, -0.2) is 9.97 Å². The quantitative estimate of drug-likeness (QED) is 0.794. The summed E-state index contributed by atoms with van der Waals surface area (Å²) in [4.78, 5) is 7.60. The van der Waals surface area contributed by atoms with Crippen LogP contribution in [0.25, 0.3) is 0 Å². The molecule has 9 heteroatoms. The van der Waals surface area contributed by atoms with Crippen molar-refractivity contribution in [2.75, 3.05) is 0 Å². The number of ether oxygens (including phenoxy) is 2. The molecule has 0 bridgehead atoms. The zero-order valence-corrected chi connectivity index (χ0v) is 11.8. The molecule has 20 heavy (non-hydrogen) atoms. The minimum atomic E-state index is -4.76. The molecule has 0 saturated carbocycles. The molecule has 0 spiro atoms. The van der Waals surface area contributed by atoms with Crippen molar-refractivity contribution >= 4 is 27.5 Å². The van der Waals surface area contributed by atoms with Crippen LogP contribution in [-0.2, 0) is 0 Å². The molecule has 0 atom stereocenters. The SMILES string of the molecule is FC(F)(F)Oc1ccc(Oc2nccnc2Cl)cc1Br. The van der Waals surface area contributed by atoms with Gasteiger partial charge in [-0.3, -0.25) is 0 Å². The Labute approximate surface area is 124 Å². The predicted octanol–water partition coefficient (Wildman–Crippen LogP) is 4.58. The highest BCUT2D eigenvalue weighted by Crippen LogP contribution is 2.35. The molecule has 0 saturated heterocycles. The topological polar surface area (TPSA) is 44.2 Å². The molecule has 0 aliphatic carbocycles. The summed E-state index contributed by atoms with van der Waals surface area (Å²) < 4.78 is 45.5. The van der Waals surface area contributed by atoms with E-state index < -0.39 is 6.36 Å². The van der Waals surface area contributed by atoms with Gasteiger partial charge in [-0.2, -0.15) is 0 Å². The first-order valence-electron chi connectivity index (χ1n) is 5.05. The van der Waals surface area contributed by atoms with Crippen molar-refractivity contribution in [1.82, 2.24) is 9.97 Å². The van der Waals surface area contributed by atoms with Gasteiger partial charge in [-0.15, -0.1) is 13.2 Å². The standard InChI is InChI=1S/C11H5BrClF3N2O2/c12-7-5-6(1-2-8(7)20-11(14,15)16)19-10-9(13)17-3-4-18-10/h1-5H. The lowest BCUT2D eigenvalue weighted by atomic mass is 10.3. The average Bonchev–Trinajstić information content (AvgIpc) is 2.34. The lowest BCUT2D eigenvalue weighted by molar-refractivity contribution is -0.274. The summed E-state index contributed by atoms with van der Waals surface area (Å²) in [5.74, 6) is -0.102. The Morgan fingerprint density at radius 3 is 2.45 bits per heavy atom. The van der Waals surface area contributed by atoms with Crippen LogP contribution < -0.4 is 9.47 Å². The second kappa shape index (κ2) is 5.84. The Hall–Kier alpha value is -1.54. The van der Waals surface area contributed by atoms with Crippen LogP contribution in [0.15, 0.2) is 35.1 Å². The highest BCUT2D eigenvalue weighted by Gasteiger charge is 2.32. The molecule has 0 fully saturated rings. The minimum Gasteiger partial charge on any atom is -0.436 e. The van der Waals surface area contributed by atoms with Crippen LogP contribution in [0.3, 0.4) is 0 Å². The van der Waals surface area contributed by atoms with Gasteiger partial charge in [-0.1, -0.05) is 11.6 Å². The van der Waals surface area contributed by atoms with E-state index >= 15 is 0 Å². The number of rotatable bonds is 3. The second-order valence-corrected chi connectivity index (χ2v) is 4.61. The highest BCUT2D eigenvalue weighted by molar-refractivity contribution is 9.10. The van der Waals surface area contributed by atoms with Gasteiger partial charge in [0, 0.05) is 12.4 Å². The van der Waals surface area contributed by atoms with Gasteiger partial charge in [0.25, 0.3) is 5.88 Å². The van der Waals surface area contributed by atoms with Crippen molar-refractivity contribution < 1.29 is 22.6 Å². The Balaban J connectivity index is 2.19. The summed E-state index contributed by atoms with van der Waals surface area (Å²) >= 11 is 8.71. The van der Waals surface area contributed by atoms with Crippen molar-refractivity contribution in [2.45, 2.75) is 6.36 Å². The van der Waals surface area contributed by atoms with E-state index in [0.29, 0.717) is 0 Å². The lowest BCUT2D eigenvalue weighted by Gasteiger charge is -2.11. The lowest BCUT2D eigenvalue weighted by Crippen LogP contribution is -2.17. The molecule has 1 aromatic carbocycles. The summed E-state index contributed by atoms with van der Waals surface area (Å²) in [6, 6.07) is 3.69. The van der Waals surface area contributed by atoms with Crippen molar-refractivity contribution in [3.63, 3.8) is 0 Å². The second-order valence-electron chi connectivity index (χ2n) is 3.39. The maximum Gasteiger partial charge on any atom is 0.573 e. The zero-order valence-electron chi connectivity index (χ0n) is 9.49. The molecule has 1 heterocycles. The van der Waals surface area contributed by atoms with Gasteiger partial charge in [-0.05, 0) is 34.1 Å². The van der Waals surface area contributed by atoms with E-state index in [-0.39, 0.29) is 27.0 Å². The van der Waals surface area contributed by atoms with Crippen molar-refractivity contribution in [2.24, 2.45) is 0 Å². The Morgan fingerprint density at radius 1 is 1.15 bits per heavy atom. The summed E-state index contributed by atoms with van der Waals surface area (Å²) in [7, 11) is 0. The molecule has 106 valence electrons. The van der Waals surface area contributed by atoms with E-state index in [1.54, 1.807) is 0 Å². The minimum absolute atomic E-state index is 0.0410. The molecule has 0 unspecified atom stereocenters. The van der Waals surface area contributed by atoms with Gasteiger partial charge in [0.15, 0.2) is 5.15 Å². The number of aromatic nitrogens is 2. The number of nitrogens with zero attached hydrogens (tertiary/aromatic N) is 2. The fourth-order valence-corrected chi connectivity index (χ4v) is 1.82. The van der Waals surface area contributed by atoms with Crippen LogP contribution in [0.5, 0.6) is 17.4 Å². The highest BCUT2D eigenvalue weighted by atomic mass is 79.9. The van der Waals surface area contributed by atoms with E-state index in [2.05, 4.69) is 30.6 Å². The maximum absolute atomic E-state index is 12.1. The third kappa shape index (κ3) is 3.97. The normalized spacial score (nSPS) is 11.2. The summed E-state index contributed by atoms with van der Waals surface area (Å²) in [6.07, 6.45) is -2.01. The molecule has 2 rings (SSSR count). The Morgan fingerprint density at radius 2 is 1.85 bits per heavy atom. The van der Waals surface area contributed by atoms with E-state index in [9.17, 15) is 13.2 Å². The molecule has 2 aromatic rings. The summed E-state index contributed by atoms with van der Waals surface area (Å²) in [6.45, 7) is 0. The molecule has 0 aliphatic heterocycles. The summed E-state index contributed by atoms with van der Waals surface area (Å²) in [5.41, 5.74) is 0. The van der Waals surface area contributed by atoms with Crippen molar-refractivity contribution in [3.05, 3.63) is 40.2 Å². The molecule has 0 amide bonds. The van der Waals surface area contributed by atoms with Gasteiger partial charge >= 0.3 is 6.36 Å². The zero-order chi connectivity index (χ0) is 14.8. The monoisotopic (exact) mass is 368 g/mol. The molecule has 0 aliphatic rings. The first-order chi connectivity index (χ1) is 9.35. The van der Waals surface area contributed by atoms with E-state index in [4.69, 9.17) is 16.3 Å². The largest absolute Gasteiger partial charge is 0.573 e. The van der Waals surface area contributed by atoms with Gasteiger partial charge in [0.05, 0.1) is 4.47 Å². The fraction of sp³-hybridized carbons (Fsp3) is 0.0909. The van der Waals surface area contributed by atoms with Gasteiger partial charge < -0.3 is 9.47 Å². The average molecular weight is 370 g/mol. The number of hydrogen-bond donors (Lipinski definition) is 0. The molecular weight excluding hydrogens is 364 g/mol. The van der Waals surface area contributed by atoms with Crippen LogP contribution >= 0.6 is 27.5 Å². The first kappa shape index (κ1) is 14.9. The molecule has 1 aromatic heterocycles. The Bertz CT molecular complexity index is 625. The van der Waals surface area contributed by atoms with Crippen LogP contribution in [-0.4, -0.2) is 16.3 Å². The third-order valence-electron chi connectivity index (χ3n) is 1.97. The maximum atomic E-state index is 12.1. The van der Waals surface area contributed by atoms with Crippen molar-refractivity contribution in [3.8, 4) is 17.4 Å².